The first kappa shape index (κ1) is 14.6. The van der Waals surface area contributed by atoms with E-state index >= 15 is 0 Å². The van der Waals surface area contributed by atoms with Crippen LogP contribution in [0.1, 0.15) is 27.6 Å². The van der Waals surface area contributed by atoms with Gasteiger partial charge in [0.05, 0.1) is 11.1 Å². The number of benzene rings is 2. The largest absolute Gasteiger partial charge is 0.308 e. The Kier molecular flexibility index (Phi) is 3.23. The molecule has 1 aliphatic heterocycles. The zero-order chi connectivity index (χ0) is 16.8. The van der Waals surface area contributed by atoms with Crippen LogP contribution >= 0.6 is 0 Å². The number of halogens is 1. The van der Waals surface area contributed by atoms with Crippen molar-refractivity contribution in [1.29, 1.82) is 0 Å². The van der Waals surface area contributed by atoms with Crippen LogP contribution in [0.5, 0.6) is 0 Å². The van der Waals surface area contributed by atoms with Crippen molar-refractivity contribution in [3.05, 3.63) is 65.6 Å². The quantitative estimate of drug-likeness (QED) is 0.686. The van der Waals surface area contributed by atoms with Gasteiger partial charge < -0.3 is 4.90 Å². The van der Waals surface area contributed by atoms with Gasteiger partial charge in [0.2, 0.25) is 5.91 Å². The molecule has 4 rings (SSSR count). The van der Waals surface area contributed by atoms with Crippen LogP contribution in [0.25, 0.3) is 10.9 Å². The van der Waals surface area contributed by atoms with E-state index in [1.807, 2.05) is 24.3 Å². The van der Waals surface area contributed by atoms with Crippen molar-refractivity contribution < 1.29 is 14.0 Å². The van der Waals surface area contributed by atoms with E-state index in [2.05, 4.69) is 0 Å². The SMILES string of the molecule is CC(=O)n1cc(C(=O)N2CCc3ccccc32)c2cc(F)ccc21. The molecule has 0 bridgehead atoms. The molecule has 0 unspecified atom stereocenters. The summed E-state index contributed by atoms with van der Waals surface area (Å²) in [5.41, 5.74) is 2.88. The number of aromatic nitrogens is 1. The molecule has 24 heavy (non-hydrogen) atoms. The second kappa shape index (κ2) is 5.30. The van der Waals surface area contributed by atoms with Gasteiger partial charge in [-0.1, -0.05) is 18.2 Å². The molecule has 120 valence electrons. The lowest BCUT2D eigenvalue weighted by Gasteiger charge is -2.16. The maximum atomic E-state index is 13.7. The molecule has 0 saturated heterocycles. The van der Waals surface area contributed by atoms with Crippen LogP contribution in [0, 0.1) is 5.82 Å². The number of anilines is 1. The lowest BCUT2D eigenvalue weighted by molar-refractivity contribution is 0.0941. The number of hydrogen-bond donors (Lipinski definition) is 0. The number of hydrogen-bond acceptors (Lipinski definition) is 2. The molecular formula is C19H15FN2O2. The highest BCUT2D eigenvalue weighted by molar-refractivity contribution is 6.16. The molecule has 0 fully saturated rings. The molecule has 1 aliphatic rings. The summed E-state index contributed by atoms with van der Waals surface area (Å²) < 4.78 is 15.1. The number of rotatable bonds is 1. The molecule has 1 aromatic heterocycles. The van der Waals surface area contributed by atoms with Crippen molar-refractivity contribution >= 4 is 28.4 Å². The Hall–Kier alpha value is -2.95. The molecule has 2 aromatic carbocycles. The van der Waals surface area contributed by atoms with Crippen LogP contribution in [0.4, 0.5) is 10.1 Å². The van der Waals surface area contributed by atoms with Crippen molar-refractivity contribution in [3.63, 3.8) is 0 Å². The number of amides is 1. The van der Waals surface area contributed by atoms with Gasteiger partial charge in [-0.15, -0.1) is 0 Å². The number of para-hydroxylation sites is 1. The summed E-state index contributed by atoms with van der Waals surface area (Å²) in [4.78, 5) is 26.6. The molecule has 5 heteroatoms. The maximum absolute atomic E-state index is 13.7. The third-order valence-electron chi connectivity index (χ3n) is 4.47. The van der Waals surface area contributed by atoms with Crippen LogP contribution in [0.15, 0.2) is 48.7 Å². The number of fused-ring (bicyclic) bond motifs is 2. The van der Waals surface area contributed by atoms with Crippen LogP contribution in [0.3, 0.4) is 0 Å². The molecule has 1 amide bonds. The molecule has 2 heterocycles. The van der Waals surface area contributed by atoms with Crippen molar-refractivity contribution in [3.8, 4) is 0 Å². The van der Waals surface area contributed by atoms with E-state index in [-0.39, 0.29) is 11.8 Å². The normalized spacial score (nSPS) is 13.3. The van der Waals surface area contributed by atoms with Crippen LogP contribution in [-0.4, -0.2) is 22.9 Å². The Labute approximate surface area is 138 Å². The Bertz CT molecular complexity index is 990. The Morgan fingerprint density at radius 1 is 1.12 bits per heavy atom. The van der Waals surface area contributed by atoms with Gasteiger partial charge in [-0.2, -0.15) is 0 Å². The maximum Gasteiger partial charge on any atom is 0.260 e. The molecule has 3 aromatic rings. The fraction of sp³-hybridized carbons (Fsp3) is 0.158. The van der Waals surface area contributed by atoms with E-state index < -0.39 is 5.82 Å². The van der Waals surface area contributed by atoms with E-state index in [4.69, 9.17) is 0 Å². The second-order valence-electron chi connectivity index (χ2n) is 5.93. The molecule has 0 saturated carbocycles. The smallest absolute Gasteiger partial charge is 0.260 e. The average molecular weight is 322 g/mol. The summed E-state index contributed by atoms with van der Waals surface area (Å²) in [5.74, 6) is -0.859. The number of carbonyl (C=O) groups is 2. The van der Waals surface area contributed by atoms with E-state index in [0.717, 1.165) is 17.7 Å². The van der Waals surface area contributed by atoms with Crippen molar-refractivity contribution in [2.75, 3.05) is 11.4 Å². The molecule has 0 N–H and O–H groups in total. The first-order chi connectivity index (χ1) is 11.6. The standard InChI is InChI=1S/C19H15FN2O2/c1-12(23)22-11-16(15-10-14(20)6-7-18(15)22)19(24)21-9-8-13-4-2-3-5-17(13)21/h2-7,10-11H,8-9H2,1H3. The van der Waals surface area contributed by atoms with Crippen molar-refractivity contribution in [1.82, 2.24) is 4.57 Å². The third kappa shape index (κ3) is 2.12. The van der Waals surface area contributed by atoms with Gasteiger partial charge in [-0.25, -0.2) is 4.39 Å². The van der Waals surface area contributed by atoms with Gasteiger partial charge in [0.15, 0.2) is 0 Å². The number of carbonyl (C=O) groups excluding carboxylic acids is 2. The molecule has 0 atom stereocenters. The Balaban J connectivity index is 1.86. The Morgan fingerprint density at radius 3 is 2.71 bits per heavy atom. The first-order valence-electron chi connectivity index (χ1n) is 7.77. The van der Waals surface area contributed by atoms with Crippen molar-refractivity contribution in [2.24, 2.45) is 0 Å². The van der Waals surface area contributed by atoms with Gasteiger partial charge in [0.1, 0.15) is 5.82 Å². The fourth-order valence-electron chi connectivity index (χ4n) is 3.33. The zero-order valence-corrected chi connectivity index (χ0v) is 13.1. The predicted octanol–water partition coefficient (Wildman–Crippen LogP) is 3.64. The minimum absolute atomic E-state index is 0.212. The van der Waals surface area contributed by atoms with E-state index in [1.165, 1.54) is 35.9 Å². The Morgan fingerprint density at radius 2 is 1.92 bits per heavy atom. The highest BCUT2D eigenvalue weighted by atomic mass is 19.1. The monoisotopic (exact) mass is 322 g/mol. The average Bonchev–Trinajstić information content (AvgIpc) is 3.15. The minimum Gasteiger partial charge on any atom is -0.308 e. The van der Waals surface area contributed by atoms with Gasteiger partial charge in [-0.3, -0.25) is 14.2 Å². The summed E-state index contributed by atoms with van der Waals surface area (Å²) in [7, 11) is 0. The summed E-state index contributed by atoms with van der Waals surface area (Å²) >= 11 is 0. The highest BCUT2D eigenvalue weighted by Gasteiger charge is 2.28. The molecular weight excluding hydrogens is 307 g/mol. The lowest BCUT2D eigenvalue weighted by atomic mass is 10.1. The highest BCUT2D eigenvalue weighted by Crippen LogP contribution is 2.31. The van der Waals surface area contributed by atoms with Crippen LogP contribution < -0.4 is 4.90 Å². The summed E-state index contributed by atoms with van der Waals surface area (Å²) in [6.07, 6.45) is 2.30. The van der Waals surface area contributed by atoms with Gasteiger partial charge in [-0.05, 0) is 36.2 Å². The topological polar surface area (TPSA) is 42.3 Å². The molecule has 0 aliphatic carbocycles. The van der Waals surface area contributed by atoms with Crippen LogP contribution in [0.2, 0.25) is 0 Å². The third-order valence-corrected chi connectivity index (χ3v) is 4.47. The van der Waals surface area contributed by atoms with Gasteiger partial charge in [0, 0.05) is 30.7 Å². The summed E-state index contributed by atoms with van der Waals surface area (Å²) in [5, 5.41) is 0.458. The summed E-state index contributed by atoms with van der Waals surface area (Å²) in [6, 6.07) is 11.9. The number of nitrogens with zero attached hydrogens (tertiary/aromatic N) is 2. The summed E-state index contributed by atoms with van der Waals surface area (Å²) in [6.45, 7) is 2.00. The van der Waals surface area contributed by atoms with Crippen molar-refractivity contribution in [2.45, 2.75) is 13.3 Å². The van der Waals surface area contributed by atoms with E-state index in [9.17, 15) is 14.0 Å². The fourth-order valence-corrected chi connectivity index (χ4v) is 3.33. The molecule has 0 spiro atoms. The second-order valence-corrected chi connectivity index (χ2v) is 5.93. The predicted molar refractivity (Wildman–Crippen MR) is 90.0 cm³/mol. The molecule has 4 nitrogen and oxygen atoms in total. The van der Waals surface area contributed by atoms with E-state index in [0.29, 0.717) is 23.0 Å². The molecule has 0 radical (unpaired) electrons. The van der Waals surface area contributed by atoms with Crippen LogP contribution in [-0.2, 0) is 6.42 Å². The first-order valence-corrected chi connectivity index (χ1v) is 7.77. The van der Waals surface area contributed by atoms with Gasteiger partial charge >= 0.3 is 0 Å². The van der Waals surface area contributed by atoms with E-state index in [1.54, 1.807) is 4.90 Å². The minimum atomic E-state index is -0.431. The van der Waals surface area contributed by atoms with Gasteiger partial charge in [0.25, 0.3) is 5.91 Å². The zero-order valence-electron chi connectivity index (χ0n) is 13.1. The lowest BCUT2D eigenvalue weighted by Crippen LogP contribution is -2.28.